The van der Waals surface area contributed by atoms with Crippen molar-refractivity contribution in [2.75, 3.05) is 4.72 Å². The lowest BCUT2D eigenvalue weighted by Crippen LogP contribution is -2.15. The summed E-state index contributed by atoms with van der Waals surface area (Å²) in [5.74, 6) is -0.00106. The van der Waals surface area contributed by atoms with Gasteiger partial charge in [-0.2, -0.15) is 0 Å². The summed E-state index contributed by atoms with van der Waals surface area (Å²) in [7, 11) is -3.93. The highest BCUT2D eigenvalue weighted by Gasteiger charge is 2.27. The van der Waals surface area contributed by atoms with E-state index in [1.54, 1.807) is 36.6 Å². The first-order chi connectivity index (χ1) is 11.4. The summed E-state index contributed by atoms with van der Waals surface area (Å²) in [6, 6.07) is 10.3. The number of nitrogens with zero attached hydrogens (tertiary/aromatic N) is 1. The van der Waals surface area contributed by atoms with E-state index in [9.17, 15) is 13.5 Å². The van der Waals surface area contributed by atoms with Gasteiger partial charge in [-0.15, -0.1) is 11.3 Å². The maximum absolute atomic E-state index is 12.7. The minimum Gasteiger partial charge on any atom is -0.383 e. The first kappa shape index (κ1) is 17.2. The molecule has 2 aromatic heterocycles. The zero-order valence-corrected chi connectivity index (χ0v) is 15.7. The van der Waals surface area contributed by atoms with Gasteiger partial charge in [0.15, 0.2) is 0 Å². The normalized spacial score (nSPS) is 13.0. The SMILES string of the molecule is Cc1noc(NS(=O)(=O)c2ccsc2C(O)c2ccccc2)c1Br. The van der Waals surface area contributed by atoms with Crippen LogP contribution >= 0.6 is 27.3 Å². The first-order valence-electron chi connectivity index (χ1n) is 6.85. The van der Waals surface area contributed by atoms with Gasteiger partial charge < -0.3 is 9.63 Å². The van der Waals surface area contributed by atoms with Gasteiger partial charge in [0, 0.05) is 0 Å². The van der Waals surface area contributed by atoms with Crippen molar-refractivity contribution < 1.29 is 18.0 Å². The Morgan fingerprint density at radius 1 is 1.29 bits per heavy atom. The Labute approximate surface area is 151 Å². The maximum Gasteiger partial charge on any atom is 0.265 e. The third-order valence-electron chi connectivity index (χ3n) is 3.33. The highest BCUT2D eigenvalue weighted by molar-refractivity contribution is 9.10. The average molecular weight is 429 g/mol. The number of hydrogen-bond donors (Lipinski definition) is 2. The van der Waals surface area contributed by atoms with Crippen molar-refractivity contribution in [3.8, 4) is 0 Å². The number of thiophene rings is 1. The second-order valence-corrected chi connectivity index (χ2v) is 8.37. The molecule has 9 heteroatoms. The topological polar surface area (TPSA) is 92.4 Å². The second-order valence-electron chi connectivity index (χ2n) is 4.98. The molecule has 0 aliphatic carbocycles. The number of rotatable bonds is 5. The van der Waals surface area contributed by atoms with Gasteiger partial charge in [0.25, 0.3) is 15.9 Å². The fourth-order valence-corrected chi connectivity index (χ4v) is 4.97. The molecular weight excluding hydrogens is 416 g/mol. The van der Waals surface area contributed by atoms with Gasteiger partial charge in [-0.05, 0) is 39.9 Å². The Kier molecular flexibility index (Phi) is 4.77. The number of benzene rings is 1. The van der Waals surface area contributed by atoms with Gasteiger partial charge in [0.1, 0.15) is 15.5 Å². The fraction of sp³-hybridized carbons (Fsp3) is 0.133. The molecule has 0 saturated carbocycles. The smallest absolute Gasteiger partial charge is 0.265 e. The van der Waals surface area contributed by atoms with Crippen LogP contribution in [0.2, 0.25) is 0 Å². The van der Waals surface area contributed by atoms with E-state index in [2.05, 4.69) is 25.8 Å². The van der Waals surface area contributed by atoms with Crippen molar-refractivity contribution in [2.24, 2.45) is 0 Å². The van der Waals surface area contributed by atoms with Gasteiger partial charge in [0.2, 0.25) is 0 Å². The lowest BCUT2D eigenvalue weighted by molar-refractivity contribution is 0.221. The van der Waals surface area contributed by atoms with Crippen LogP contribution in [0.3, 0.4) is 0 Å². The highest BCUT2D eigenvalue weighted by atomic mass is 79.9. The average Bonchev–Trinajstić information content (AvgIpc) is 3.18. The molecule has 2 heterocycles. The molecule has 0 amide bonds. The van der Waals surface area contributed by atoms with Gasteiger partial charge in [-0.1, -0.05) is 35.5 Å². The van der Waals surface area contributed by atoms with Crippen LogP contribution in [-0.2, 0) is 10.0 Å². The minimum atomic E-state index is -3.93. The van der Waals surface area contributed by atoms with Gasteiger partial charge in [-0.25, -0.2) is 13.1 Å². The van der Waals surface area contributed by atoms with E-state index in [4.69, 9.17) is 4.52 Å². The van der Waals surface area contributed by atoms with E-state index in [0.29, 0.717) is 20.6 Å². The predicted octanol–water partition coefficient (Wildman–Crippen LogP) is 3.69. The second kappa shape index (κ2) is 6.67. The molecule has 126 valence electrons. The van der Waals surface area contributed by atoms with Crippen molar-refractivity contribution in [1.29, 1.82) is 0 Å². The molecule has 0 spiro atoms. The number of halogens is 1. The molecule has 0 aliphatic heterocycles. The number of anilines is 1. The summed E-state index contributed by atoms with van der Waals surface area (Å²) in [5, 5.41) is 15.8. The maximum atomic E-state index is 12.7. The first-order valence-corrected chi connectivity index (χ1v) is 10.0. The molecule has 0 aliphatic rings. The molecule has 1 unspecified atom stereocenters. The van der Waals surface area contributed by atoms with E-state index in [-0.39, 0.29) is 10.8 Å². The third-order valence-corrected chi connectivity index (χ3v) is 6.75. The van der Waals surface area contributed by atoms with Gasteiger partial charge >= 0.3 is 0 Å². The molecule has 0 bridgehead atoms. The number of aromatic nitrogens is 1. The Morgan fingerprint density at radius 3 is 2.62 bits per heavy atom. The molecule has 0 saturated heterocycles. The van der Waals surface area contributed by atoms with E-state index in [1.165, 1.54) is 17.4 Å². The summed E-state index contributed by atoms with van der Waals surface area (Å²) in [4.78, 5) is 0.339. The molecule has 2 N–H and O–H groups in total. The van der Waals surface area contributed by atoms with Crippen molar-refractivity contribution >= 4 is 43.2 Å². The van der Waals surface area contributed by atoms with Crippen molar-refractivity contribution in [3.05, 3.63) is 62.4 Å². The Bertz CT molecular complexity index is 951. The predicted molar refractivity (Wildman–Crippen MR) is 94.6 cm³/mol. The largest absolute Gasteiger partial charge is 0.383 e. The number of aliphatic hydroxyl groups excluding tert-OH is 1. The summed E-state index contributed by atoms with van der Waals surface area (Å²) in [5.41, 5.74) is 1.15. The van der Waals surface area contributed by atoms with Crippen molar-refractivity contribution in [3.63, 3.8) is 0 Å². The van der Waals surface area contributed by atoms with Crippen LogP contribution in [0.15, 0.2) is 55.7 Å². The van der Waals surface area contributed by atoms with Crippen LogP contribution in [0.1, 0.15) is 22.2 Å². The minimum absolute atomic E-state index is 0.00106. The summed E-state index contributed by atoms with van der Waals surface area (Å²) >= 11 is 4.39. The van der Waals surface area contributed by atoms with Crippen LogP contribution in [0.25, 0.3) is 0 Å². The Balaban J connectivity index is 1.96. The van der Waals surface area contributed by atoms with E-state index < -0.39 is 16.1 Å². The summed E-state index contributed by atoms with van der Waals surface area (Å²) in [6.07, 6.45) is -1.03. The van der Waals surface area contributed by atoms with E-state index >= 15 is 0 Å². The van der Waals surface area contributed by atoms with Crippen LogP contribution < -0.4 is 4.72 Å². The quantitative estimate of drug-likeness (QED) is 0.646. The third kappa shape index (κ3) is 3.25. The molecule has 0 fully saturated rings. The molecule has 24 heavy (non-hydrogen) atoms. The standard InChI is InChI=1S/C15H13BrN2O4S2/c1-9-12(16)15(22-17-9)18-24(20,21)11-7-8-23-14(11)13(19)10-5-3-2-4-6-10/h2-8,13,18-19H,1H3. The van der Waals surface area contributed by atoms with E-state index in [1.807, 2.05) is 6.07 Å². The Hall–Kier alpha value is -1.68. The molecule has 6 nitrogen and oxygen atoms in total. The highest BCUT2D eigenvalue weighted by Crippen LogP contribution is 2.34. The van der Waals surface area contributed by atoms with Crippen LogP contribution in [-0.4, -0.2) is 18.7 Å². The van der Waals surface area contributed by atoms with Crippen LogP contribution in [0.5, 0.6) is 0 Å². The number of nitrogens with one attached hydrogen (secondary N) is 1. The monoisotopic (exact) mass is 428 g/mol. The van der Waals surface area contributed by atoms with Crippen LogP contribution in [0.4, 0.5) is 5.88 Å². The fourth-order valence-electron chi connectivity index (χ4n) is 2.12. The molecule has 0 radical (unpaired) electrons. The molecule has 3 aromatic rings. The van der Waals surface area contributed by atoms with Gasteiger partial charge in [0.05, 0.1) is 10.6 Å². The molecular formula is C15H13BrN2O4S2. The lowest BCUT2D eigenvalue weighted by Gasteiger charge is -2.12. The summed E-state index contributed by atoms with van der Waals surface area (Å²) < 4.78 is 33.1. The number of sulfonamides is 1. The molecule has 1 aromatic carbocycles. The van der Waals surface area contributed by atoms with Crippen molar-refractivity contribution in [2.45, 2.75) is 17.9 Å². The lowest BCUT2D eigenvalue weighted by atomic mass is 10.1. The van der Waals surface area contributed by atoms with E-state index in [0.717, 1.165) is 0 Å². The zero-order valence-electron chi connectivity index (χ0n) is 12.4. The Morgan fingerprint density at radius 2 is 2.00 bits per heavy atom. The summed E-state index contributed by atoms with van der Waals surface area (Å²) in [6.45, 7) is 1.68. The molecule has 1 atom stereocenters. The number of aliphatic hydroxyl groups is 1. The van der Waals surface area contributed by atoms with Crippen LogP contribution in [0, 0.1) is 6.92 Å². The molecule has 3 rings (SSSR count). The van der Waals surface area contributed by atoms with Crippen molar-refractivity contribution in [1.82, 2.24) is 5.16 Å². The van der Waals surface area contributed by atoms with Gasteiger partial charge in [-0.3, -0.25) is 0 Å². The number of hydrogen-bond acceptors (Lipinski definition) is 6. The number of aryl methyl sites for hydroxylation is 1. The zero-order chi connectivity index (χ0) is 17.3.